The number of hydrogen-bond donors (Lipinski definition) is 0. The lowest BCUT2D eigenvalue weighted by Gasteiger charge is -2.25. The van der Waals surface area contributed by atoms with Crippen molar-refractivity contribution in [3.05, 3.63) is 0 Å². The summed E-state index contributed by atoms with van der Waals surface area (Å²) in [5.41, 5.74) is 0. The van der Waals surface area contributed by atoms with Gasteiger partial charge in [0.05, 0.1) is 37.8 Å². The number of epoxide rings is 1. The Morgan fingerprint density at radius 1 is 1.19 bits per heavy atom. The van der Waals surface area contributed by atoms with E-state index in [-0.39, 0.29) is 24.1 Å². The monoisotopic (exact) mass is 228 g/mol. The van der Waals surface area contributed by atoms with Crippen LogP contribution in [0.3, 0.4) is 0 Å². The highest BCUT2D eigenvalue weighted by atomic mass is 16.6. The molecule has 0 aromatic rings. The van der Waals surface area contributed by atoms with Crippen molar-refractivity contribution in [1.82, 2.24) is 0 Å². The number of ether oxygens (including phenoxy) is 3. The predicted octanol–water partition coefficient (Wildman–Crippen LogP) is 0.516. The maximum atomic E-state index is 11.7. The van der Waals surface area contributed by atoms with Crippen LogP contribution in [0.1, 0.15) is 19.8 Å². The van der Waals surface area contributed by atoms with E-state index in [0.717, 1.165) is 0 Å². The van der Waals surface area contributed by atoms with Crippen molar-refractivity contribution in [1.29, 1.82) is 0 Å². The molecule has 0 bridgehead atoms. The molecule has 0 aromatic carbocycles. The standard InChI is InChI=1S/C11H16O5/c1-3-15-11(13)7-5-9-8(16-9)4-6(7)10(12)14-2/h6-9H,3-5H2,1-2H3. The van der Waals surface area contributed by atoms with Crippen LogP contribution in [0.4, 0.5) is 0 Å². The molecule has 2 rings (SSSR count). The molecule has 0 aromatic heterocycles. The van der Waals surface area contributed by atoms with E-state index in [4.69, 9.17) is 14.2 Å². The molecule has 5 nitrogen and oxygen atoms in total. The summed E-state index contributed by atoms with van der Waals surface area (Å²) >= 11 is 0. The fourth-order valence-corrected chi connectivity index (χ4v) is 2.34. The van der Waals surface area contributed by atoms with Crippen LogP contribution in [0.5, 0.6) is 0 Å². The van der Waals surface area contributed by atoms with Crippen LogP contribution >= 0.6 is 0 Å². The number of fused-ring (bicyclic) bond motifs is 1. The van der Waals surface area contributed by atoms with Gasteiger partial charge in [0, 0.05) is 0 Å². The van der Waals surface area contributed by atoms with E-state index >= 15 is 0 Å². The Kier molecular flexibility index (Phi) is 3.14. The molecule has 0 radical (unpaired) electrons. The summed E-state index contributed by atoms with van der Waals surface area (Å²) in [7, 11) is 1.34. The molecule has 2 fully saturated rings. The molecule has 1 saturated carbocycles. The summed E-state index contributed by atoms with van der Waals surface area (Å²) in [6.07, 6.45) is 1.41. The second-order valence-corrected chi connectivity index (χ2v) is 4.17. The van der Waals surface area contributed by atoms with Gasteiger partial charge < -0.3 is 14.2 Å². The van der Waals surface area contributed by atoms with Crippen molar-refractivity contribution >= 4 is 11.9 Å². The fraction of sp³-hybridized carbons (Fsp3) is 0.818. The minimum Gasteiger partial charge on any atom is -0.469 e. The normalized spacial score (nSPS) is 36.1. The highest BCUT2D eigenvalue weighted by Crippen LogP contribution is 2.43. The molecule has 0 N–H and O–H groups in total. The lowest BCUT2D eigenvalue weighted by Crippen LogP contribution is -2.37. The van der Waals surface area contributed by atoms with Gasteiger partial charge in [0.2, 0.25) is 0 Å². The third kappa shape index (κ3) is 2.04. The van der Waals surface area contributed by atoms with Gasteiger partial charge in [0.1, 0.15) is 0 Å². The third-order valence-corrected chi connectivity index (χ3v) is 3.24. The molecule has 90 valence electrons. The average molecular weight is 228 g/mol. The van der Waals surface area contributed by atoms with Crippen LogP contribution in [0.15, 0.2) is 0 Å². The second kappa shape index (κ2) is 4.41. The Labute approximate surface area is 94.0 Å². The van der Waals surface area contributed by atoms with E-state index in [2.05, 4.69) is 0 Å². The first-order chi connectivity index (χ1) is 7.67. The van der Waals surface area contributed by atoms with E-state index in [1.807, 2.05) is 0 Å². The van der Waals surface area contributed by atoms with Gasteiger partial charge in [-0.25, -0.2) is 0 Å². The van der Waals surface area contributed by atoms with Crippen molar-refractivity contribution in [2.24, 2.45) is 11.8 Å². The molecule has 0 spiro atoms. The Balaban J connectivity index is 2.05. The van der Waals surface area contributed by atoms with Crippen LogP contribution in [0, 0.1) is 11.8 Å². The van der Waals surface area contributed by atoms with E-state index in [1.165, 1.54) is 7.11 Å². The predicted molar refractivity (Wildman–Crippen MR) is 53.5 cm³/mol. The molecular formula is C11H16O5. The second-order valence-electron chi connectivity index (χ2n) is 4.17. The quantitative estimate of drug-likeness (QED) is 0.520. The lowest BCUT2D eigenvalue weighted by atomic mass is 9.79. The molecule has 5 heteroatoms. The molecular weight excluding hydrogens is 212 g/mol. The number of carbonyl (C=O) groups is 2. The van der Waals surface area contributed by atoms with Crippen molar-refractivity contribution in [2.45, 2.75) is 32.0 Å². The summed E-state index contributed by atoms with van der Waals surface area (Å²) in [5, 5.41) is 0. The summed E-state index contributed by atoms with van der Waals surface area (Å²) in [6.45, 7) is 2.09. The van der Waals surface area contributed by atoms with Gasteiger partial charge in [0.15, 0.2) is 0 Å². The van der Waals surface area contributed by atoms with Crippen molar-refractivity contribution in [3.63, 3.8) is 0 Å². The zero-order valence-electron chi connectivity index (χ0n) is 9.47. The van der Waals surface area contributed by atoms with Gasteiger partial charge >= 0.3 is 11.9 Å². The summed E-state index contributed by atoms with van der Waals surface area (Å²) in [5.74, 6) is -1.47. The van der Waals surface area contributed by atoms with E-state index in [0.29, 0.717) is 19.4 Å². The molecule has 1 aliphatic carbocycles. The molecule has 16 heavy (non-hydrogen) atoms. The van der Waals surface area contributed by atoms with E-state index < -0.39 is 11.8 Å². The smallest absolute Gasteiger partial charge is 0.309 e. The zero-order chi connectivity index (χ0) is 11.7. The zero-order valence-corrected chi connectivity index (χ0v) is 9.47. The van der Waals surface area contributed by atoms with Gasteiger partial charge in [-0.2, -0.15) is 0 Å². The Hall–Kier alpha value is -1.10. The average Bonchev–Trinajstić information content (AvgIpc) is 3.04. The number of hydrogen-bond acceptors (Lipinski definition) is 5. The number of methoxy groups -OCH3 is 1. The summed E-state index contributed by atoms with van der Waals surface area (Å²) in [4.78, 5) is 23.3. The summed E-state index contributed by atoms with van der Waals surface area (Å²) in [6, 6.07) is 0. The number of rotatable bonds is 3. The molecule has 4 atom stereocenters. The molecule has 1 heterocycles. The van der Waals surface area contributed by atoms with Gasteiger partial charge in [-0.1, -0.05) is 0 Å². The minimum atomic E-state index is -0.409. The Morgan fingerprint density at radius 3 is 2.25 bits per heavy atom. The highest BCUT2D eigenvalue weighted by molar-refractivity contribution is 5.82. The van der Waals surface area contributed by atoms with Crippen LogP contribution in [-0.2, 0) is 23.8 Å². The van der Waals surface area contributed by atoms with Crippen LogP contribution in [0.25, 0.3) is 0 Å². The topological polar surface area (TPSA) is 65.1 Å². The summed E-state index contributed by atoms with van der Waals surface area (Å²) < 4.78 is 15.0. The first-order valence-corrected chi connectivity index (χ1v) is 5.57. The minimum absolute atomic E-state index is 0.134. The van der Waals surface area contributed by atoms with Crippen LogP contribution in [0.2, 0.25) is 0 Å². The largest absolute Gasteiger partial charge is 0.469 e. The molecule has 1 aliphatic heterocycles. The lowest BCUT2D eigenvalue weighted by molar-refractivity contribution is -0.160. The molecule has 2 aliphatic rings. The maximum Gasteiger partial charge on any atom is 0.309 e. The van der Waals surface area contributed by atoms with E-state index in [9.17, 15) is 9.59 Å². The van der Waals surface area contributed by atoms with Crippen LogP contribution in [-0.4, -0.2) is 37.9 Å². The van der Waals surface area contributed by atoms with Crippen LogP contribution < -0.4 is 0 Å². The first-order valence-electron chi connectivity index (χ1n) is 5.57. The molecule has 1 saturated heterocycles. The Bertz CT molecular complexity index is 301. The van der Waals surface area contributed by atoms with Gasteiger partial charge in [-0.05, 0) is 19.8 Å². The van der Waals surface area contributed by atoms with E-state index in [1.54, 1.807) is 6.92 Å². The fourth-order valence-electron chi connectivity index (χ4n) is 2.34. The van der Waals surface area contributed by atoms with Crippen molar-refractivity contribution in [2.75, 3.05) is 13.7 Å². The van der Waals surface area contributed by atoms with Crippen molar-refractivity contribution in [3.8, 4) is 0 Å². The number of esters is 2. The Morgan fingerprint density at radius 2 is 1.75 bits per heavy atom. The molecule has 4 unspecified atom stereocenters. The highest BCUT2D eigenvalue weighted by Gasteiger charge is 2.53. The van der Waals surface area contributed by atoms with Gasteiger partial charge in [0.25, 0.3) is 0 Å². The third-order valence-electron chi connectivity index (χ3n) is 3.24. The van der Waals surface area contributed by atoms with Crippen molar-refractivity contribution < 1.29 is 23.8 Å². The van der Waals surface area contributed by atoms with Gasteiger partial charge in [-0.3, -0.25) is 9.59 Å². The van der Waals surface area contributed by atoms with Gasteiger partial charge in [-0.15, -0.1) is 0 Å². The first kappa shape index (κ1) is 11.4. The maximum absolute atomic E-state index is 11.7. The number of carbonyl (C=O) groups excluding carboxylic acids is 2. The molecule has 0 amide bonds. The SMILES string of the molecule is CCOC(=O)C1CC2OC2CC1C(=O)OC.